The number of ether oxygens (including phenoxy) is 1. The van der Waals surface area contributed by atoms with Gasteiger partial charge >= 0.3 is 5.97 Å². The molecule has 0 bridgehead atoms. The second-order valence-electron chi connectivity index (χ2n) is 7.01. The summed E-state index contributed by atoms with van der Waals surface area (Å²) in [5.74, 6) is -1.12. The molecule has 7 heteroatoms. The number of nitrogens with zero attached hydrogens (tertiary/aromatic N) is 3. The molecule has 154 valence electrons. The van der Waals surface area contributed by atoms with Crippen molar-refractivity contribution in [2.45, 2.75) is 6.92 Å². The van der Waals surface area contributed by atoms with Crippen molar-refractivity contribution >= 4 is 23.3 Å². The van der Waals surface area contributed by atoms with Gasteiger partial charge in [-0.2, -0.15) is 5.26 Å². The number of piperazine rings is 1. The average Bonchev–Trinajstić information content (AvgIpc) is 2.77. The topological polar surface area (TPSA) is 85.7 Å². The number of aryl methyl sites for hydroxylation is 1. The SMILES string of the molecule is COC(=O)c1ccccc1NC(=O)/C(C#N)=C\N1CCN(c2cccc(C)c2)CC1. The number of anilines is 2. The third-order valence-corrected chi connectivity index (χ3v) is 4.94. The molecule has 2 aromatic carbocycles. The molecular formula is C23H24N4O3. The third kappa shape index (κ3) is 4.97. The number of nitrogens with one attached hydrogen (secondary N) is 1. The lowest BCUT2D eigenvalue weighted by Gasteiger charge is -2.35. The molecule has 1 saturated heterocycles. The van der Waals surface area contributed by atoms with Gasteiger partial charge in [0.25, 0.3) is 5.91 Å². The van der Waals surface area contributed by atoms with E-state index in [0.717, 1.165) is 13.1 Å². The average molecular weight is 404 g/mol. The van der Waals surface area contributed by atoms with Crippen LogP contribution in [-0.2, 0) is 9.53 Å². The zero-order valence-electron chi connectivity index (χ0n) is 17.1. The number of amides is 1. The number of nitriles is 1. The molecule has 3 rings (SSSR count). The molecule has 7 nitrogen and oxygen atoms in total. The molecule has 1 aliphatic rings. The molecule has 1 amide bonds. The maximum absolute atomic E-state index is 12.6. The Kier molecular flexibility index (Phi) is 6.71. The Balaban J connectivity index is 1.66. The van der Waals surface area contributed by atoms with Gasteiger partial charge in [-0.3, -0.25) is 4.79 Å². The summed E-state index contributed by atoms with van der Waals surface area (Å²) in [7, 11) is 1.28. The van der Waals surface area contributed by atoms with E-state index in [4.69, 9.17) is 4.74 Å². The van der Waals surface area contributed by atoms with Gasteiger partial charge in [0.05, 0.1) is 18.4 Å². The largest absolute Gasteiger partial charge is 0.465 e. The van der Waals surface area contributed by atoms with Gasteiger partial charge in [-0.15, -0.1) is 0 Å². The first-order chi connectivity index (χ1) is 14.5. The van der Waals surface area contributed by atoms with Crippen LogP contribution in [0.15, 0.2) is 60.3 Å². The van der Waals surface area contributed by atoms with Crippen LogP contribution < -0.4 is 10.2 Å². The summed E-state index contributed by atoms with van der Waals surface area (Å²) in [5.41, 5.74) is 2.91. The van der Waals surface area contributed by atoms with Crippen LogP contribution in [0.5, 0.6) is 0 Å². The summed E-state index contributed by atoms with van der Waals surface area (Å²) < 4.78 is 4.74. The maximum atomic E-state index is 12.6. The van der Waals surface area contributed by atoms with Crippen molar-refractivity contribution in [2.24, 2.45) is 0 Å². The number of esters is 1. The Bertz CT molecular complexity index is 1000. The van der Waals surface area contributed by atoms with Crippen LogP contribution in [0.2, 0.25) is 0 Å². The predicted octanol–water partition coefficient (Wildman–Crippen LogP) is 2.95. The molecule has 0 atom stereocenters. The Hall–Kier alpha value is -3.79. The van der Waals surface area contributed by atoms with Gasteiger partial charge in [0, 0.05) is 38.1 Å². The molecule has 1 N–H and O–H groups in total. The predicted molar refractivity (Wildman–Crippen MR) is 115 cm³/mol. The number of carbonyl (C=O) groups is 2. The van der Waals surface area contributed by atoms with Crippen LogP contribution in [0.25, 0.3) is 0 Å². The van der Waals surface area contributed by atoms with Crippen molar-refractivity contribution < 1.29 is 14.3 Å². The highest BCUT2D eigenvalue weighted by Gasteiger charge is 2.19. The molecular weight excluding hydrogens is 380 g/mol. The van der Waals surface area contributed by atoms with Crippen molar-refractivity contribution in [3.63, 3.8) is 0 Å². The molecule has 1 fully saturated rings. The number of carbonyl (C=O) groups excluding carboxylic acids is 2. The molecule has 0 unspecified atom stereocenters. The van der Waals surface area contributed by atoms with Gasteiger partial charge in [0.1, 0.15) is 11.6 Å². The second kappa shape index (κ2) is 9.61. The van der Waals surface area contributed by atoms with Crippen LogP contribution >= 0.6 is 0 Å². The third-order valence-electron chi connectivity index (χ3n) is 4.94. The van der Waals surface area contributed by atoms with Gasteiger partial charge in [-0.1, -0.05) is 24.3 Å². The van der Waals surface area contributed by atoms with Gasteiger partial charge in [0.2, 0.25) is 0 Å². The monoisotopic (exact) mass is 404 g/mol. The summed E-state index contributed by atoms with van der Waals surface area (Å²) >= 11 is 0. The number of hydrogen-bond donors (Lipinski definition) is 1. The van der Waals surface area contributed by atoms with E-state index in [1.807, 2.05) is 17.0 Å². The summed E-state index contributed by atoms with van der Waals surface area (Å²) in [6.45, 7) is 5.06. The van der Waals surface area contributed by atoms with Crippen LogP contribution in [0.4, 0.5) is 11.4 Å². The van der Waals surface area contributed by atoms with Crippen LogP contribution in [0.3, 0.4) is 0 Å². The van der Waals surface area contributed by atoms with Crippen LogP contribution in [-0.4, -0.2) is 50.1 Å². The smallest absolute Gasteiger partial charge is 0.339 e. The number of rotatable bonds is 5. The van der Waals surface area contributed by atoms with Crippen molar-refractivity contribution in [2.75, 3.05) is 43.5 Å². The first-order valence-electron chi connectivity index (χ1n) is 9.68. The summed E-state index contributed by atoms with van der Waals surface area (Å²) in [6, 6.07) is 16.8. The normalized spacial score (nSPS) is 14.1. The van der Waals surface area contributed by atoms with E-state index in [1.165, 1.54) is 18.4 Å². The number of hydrogen-bond acceptors (Lipinski definition) is 6. The molecule has 1 aliphatic heterocycles. The van der Waals surface area contributed by atoms with E-state index >= 15 is 0 Å². The fourth-order valence-electron chi connectivity index (χ4n) is 3.32. The minimum absolute atomic E-state index is 0.0151. The Labute approximate surface area is 176 Å². The van der Waals surface area contributed by atoms with Gasteiger partial charge in [-0.25, -0.2) is 4.79 Å². The molecule has 30 heavy (non-hydrogen) atoms. The first-order valence-corrected chi connectivity index (χ1v) is 9.68. The fraction of sp³-hybridized carbons (Fsp3) is 0.261. The molecule has 0 aliphatic carbocycles. The zero-order chi connectivity index (χ0) is 21.5. The minimum atomic E-state index is -0.560. The number of methoxy groups -OCH3 is 1. The van der Waals surface area contributed by atoms with E-state index < -0.39 is 11.9 Å². The van der Waals surface area contributed by atoms with E-state index in [0.29, 0.717) is 18.8 Å². The molecule has 0 spiro atoms. The van der Waals surface area contributed by atoms with E-state index in [9.17, 15) is 14.9 Å². The highest BCUT2D eigenvalue weighted by molar-refractivity contribution is 6.09. The lowest BCUT2D eigenvalue weighted by atomic mass is 10.1. The zero-order valence-corrected chi connectivity index (χ0v) is 17.1. The fourth-order valence-corrected chi connectivity index (χ4v) is 3.32. The van der Waals surface area contributed by atoms with E-state index in [1.54, 1.807) is 30.5 Å². The number of para-hydroxylation sites is 1. The first kappa shape index (κ1) is 20.9. The van der Waals surface area contributed by atoms with Crippen molar-refractivity contribution in [3.05, 3.63) is 71.4 Å². The summed E-state index contributed by atoms with van der Waals surface area (Å²) in [5, 5.41) is 12.1. The molecule has 1 heterocycles. The quantitative estimate of drug-likeness (QED) is 0.469. The highest BCUT2D eigenvalue weighted by atomic mass is 16.5. The lowest BCUT2D eigenvalue weighted by molar-refractivity contribution is -0.112. The lowest BCUT2D eigenvalue weighted by Crippen LogP contribution is -2.44. The molecule has 0 aromatic heterocycles. The van der Waals surface area contributed by atoms with E-state index in [-0.39, 0.29) is 11.1 Å². The highest BCUT2D eigenvalue weighted by Crippen LogP contribution is 2.19. The van der Waals surface area contributed by atoms with E-state index in [2.05, 4.69) is 35.3 Å². The Morgan fingerprint density at radius 1 is 1.10 bits per heavy atom. The molecule has 0 radical (unpaired) electrons. The molecule has 2 aromatic rings. The van der Waals surface area contributed by atoms with Crippen molar-refractivity contribution in [3.8, 4) is 6.07 Å². The second-order valence-corrected chi connectivity index (χ2v) is 7.01. The van der Waals surface area contributed by atoms with Crippen molar-refractivity contribution in [1.82, 2.24) is 4.90 Å². The summed E-state index contributed by atoms with van der Waals surface area (Å²) in [4.78, 5) is 28.7. The Morgan fingerprint density at radius 2 is 1.83 bits per heavy atom. The van der Waals surface area contributed by atoms with Gasteiger partial charge in [0.15, 0.2) is 0 Å². The molecule has 0 saturated carbocycles. The Morgan fingerprint density at radius 3 is 2.50 bits per heavy atom. The minimum Gasteiger partial charge on any atom is -0.465 e. The van der Waals surface area contributed by atoms with Gasteiger partial charge in [-0.05, 0) is 36.8 Å². The number of benzene rings is 2. The van der Waals surface area contributed by atoms with Crippen LogP contribution in [0.1, 0.15) is 15.9 Å². The standard InChI is InChI=1S/C23H24N4O3/c1-17-6-5-7-19(14-17)27-12-10-26(11-13-27)16-18(15-24)22(28)25-21-9-4-3-8-20(21)23(29)30-2/h3-9,14,16H,10-13H2,1-2H3,(H,25,28)/b18-16-. The van der Waals surface area contributed by atoms with Gasteiger partial charge < -0.3 is 19.9 Å². The summed E-state index contributed by atoms with van der Waals surface area (Å²) in [6.07, 6.45) is 1.59. The van der Waals surface area contributed by atoms with Crippen molar-refractivity contribution in [1.29, 1.82) is 5.26 Å². The van der Waals surface area contributed by atoms with Crippen LogP contribution in [0, 0.1) is 18.3 Å². The maximum Gasteiger partial charge on any atom is 0.339 e.